The number of rotatable bonds is 6. The molecule has 1 atom stereocenters. The minimum Gasteiger partial charge on any atom is -0.327 e. The summed E-state index contributed by atoms with van der Waals surface area (Å²) in [5, 5.41) is 7.76. The number of thiazole rings is 1. The monoisotopic (exact) mass is 278 g/mol. The van der Waals surface area contributed by atoms with Gasteiger partial charge in [-0.15, -0.1) is 11.3 Å². The third-order valence-electron chi connectivity index (χ3n) is 3.15. The Morgan fingerprint density at radius 3 is 2.74 bits per heavy atom. The lowest BCUT2D eigenvalue weighted by Crippen LogP contribution is -2.26. The molecule has 2 rings (SSSR count). The van der Waals surface area contributed by atoms with Gasteiger partial charge in [0, 0.05) is 42.2 Å². The van der Waals surface area contributed by atoms with Crippen LogP contribution in [0.15, 0.2) is 11.4 Å². The number of hydrogen-bond donors (Lipinski definition) is 1. The number of aryl methyl sites for hydroxylation is 3. The Kier molecular flexibility index (Phi) is 4.71. The van der Waals surface area contributed by atoms with Crippen molar-refractivity contribution in [2.24, 2.45) is 5.73 Å². The highest BCUT2D eigenvalue weighted by Gasteiger charge is 2.12. The lowest BCUT2D eigenvalue weighted by molar-refractivity contribution is 0.572. The molecule has 0 bridgehead atoms. The number of nitrogens with zero attached hydrogens (tertiary/aromatic N) is 3. The maximum atomic E-state index is 6.25. The predicted molar refractivity (Wildman–Crippen MR) is 79.5 cm³/mol. The molecular weight excluding hydrogens is 256 g/mol. The second kappa shape index (κ2) is 6.30. The Labute approximate surface area is 118 Å². The normalized spacial score (nSPS) is 12.8. The first kappa shape index (κ1) is 14.2. The van der Waals surface area contributed by atoms with Gasteiger partial charge >= 0.3 is 0 Å². The molecule has 5 heteroatoms. The fraction of sp³-hybridized carbons (Fsp3) is 0.571. The van der Waals surface area contributed by atoms with Gasteiger partial charge in [0.1, 0.15) is 0 Å². The SMILES string of the molecule is CCc1cc(CC(N)Cc2nc(C)cs2)n(CC)n1. The van der Waals surface area contributed by atoms with Crippen LogP contribution in [-0.2, 0) is 25.8 Å². The largest absolute Gasteiger partial charge is 0.327 e. The van der Waals surface area contributed by atoms with Gasteiger partial charge in [0.15, 0.2) is 0 Å². The Balaban J connectivity index is 2.01. The van der Waals surface area contributed by atoms with Crippen molar-refractivity contribution < 1.29 is 0 Å². The van der Waals surface area contributed by atoms with Crippen molar-refractivity contribution in [3.05, 3.63) is 33.5 Å². The molecule has 0 aromatic carbocycles. The third kappa shape index (κ3) is 3.64. The van der Waals surface area contributed by atoms with E-state index in [2.05, 4.69) is 40.1 Å². The van der Waals surface area contributed by atoms with Gasteiger partial charge in [0.25, 0.3) is 0 Å². The van der Waals surface area contributed by atoms with Crippen LogP contribution in [0.4, 0.5) is 0 Å². The molecule has 0 amide bonds. The van der Waals surface area contributed by atoms with E-state index in [-0.39, 0.29) is 6.04 Å². The Hall–Kier alpha value is -1.20. The van der Waals surface area contributed by atoms with Crippen LogP contribution in [0.25, 0.3) is 0 Å². The first-order chi connectivity index (χ1) is 9.12. The molecular formula is C14H22N4S. The molecule has 19 heavy (non-hydrogen) atoms. The van der Waals surface area contributed by atoms with Gasteiger partial charge in [-0.1, -0.05) is 6.92 Å². The number of nitrogens with two attached hydrogens (primary N) is 1. The van der Waals surface area contributed by atoms with Crippen LogP contribution in [0.3, 0.4) is 0 Å². The van der Waals surface area contributed by atoms with Crippen LogP contribution in [-0.4, -0.2) is 20.8 Å². The van der Waals surface area contributed by atoms with Gasteiger partial charge in [-0.3, -0.25) is 4.68 Å². The zero-order valence-corrected chi connectivity index (χ0v) is 12.7. The van der Waals surface area contributed by atoms with E-state index in [0.29, 0.717) is 0 Å². The molecule has 2 N–H and O–H groups in total. The second-order valence-electron chi connectivity index (χ2n) is 4.85. The molecule has 0 aliphatic rings. The van der Waals surface area contributed by atoms with Gasteiger partial charge in [0.05, 0.1) is 10.7 Å². The summed E-state index contributed by atoms with van der Waals surface area (Å²) in [5.74, 6) is 0. The van der Waals surface area contributed by atoms with Gasteiger partial charge in [-0.05, 0) is 26.3 Å². The van der Waals surface area contributed by atoms with Crippen molar-refractivity contribution in [2.45, 2.75) is 52.6 Å². The van der Waals surface area contributed by atoms with Gasteiger partial charge in [-0.2, -0.15) is 5.10 Å². The van der Waals surface area contributed by atoms with E-state index in [0.717, 1.165) is 42.2 Å². The standard InChI is InChI=1S/C14H22N4S/c1-4-12-8-13(18(5-2)17-12)6-11(15)7-14-16-10(3)9-19-14/h8-9,11H,4-7,15H2,1-3H3. The molecule has 0 aliphatic carbocycles. The average Bonchev–Trinajstić information content (AvgIpc) is 2.95. The second-order valence-corrected chi connectivity index (χ2v) is 5.79. The molecule has 1 unspecified atom stereocenters. The smallest absolute Gasteiger partial charge is 0.0943 e. The topological polar surface area (TPSA) is 56.7 Å². The van der Waals surface area contributed by atoms with E-state index < -0.39 is 0 Å². The van der Waals surface area contributed by atoms with Crippen LogP contribution < -0.4 is 5.73 Å². The molecule has 0 fully saturated rings. The highest BCUT2D eigenvalue weighted by molar-refractivity contribution is 7.09. The molecule has 4 nitrogen and oxygen atoms in total. The van der Waals surface area contributed by atoms with E-state index >= 15 is 0 Å². The molecule has 2 aromatic heterocycles. The molecule has 104 valence electrons. The number of hydrogen-bond acceptors (Lipinski definition) is 4. The molecule has 2 heterocycles. The van der Waals surface area contributed by atoms with Crippen molar-refractivity contribution in [1.82, 2.24) is 14.8 Å². The van der Waals surface area contributed by atoms with Crippen LogP contribution >= 0.6 is 11.3 Å². The highest BCUT2D eigenvalue weighted by Crippen LogP contribution is 2.13. The van der Waals surface area contributed by atoms with Crippen molar-refractivity contribution in [2.75, 3.05) is 0 Å². The van der Waals surface area contributed by atoms with Crippen LogP contribution in [0.2, 0.25) is 0 Å². The third-order valence-corrected chi connectivity index (χ3v) is 4.14. The Morgan fingerprint density at radius 1 is 1.37 bits per heavy atom. The fourth-order valence-electron chi connectivity index (χ4n) is 2.19. The van der Waals surface area contributed by atoms with Crippen molar-refractivity contribution in [3.63, 3.8) is 0 Å². The summed E-state index contributed by atoms with van der Waals surface area (Å²) in [7, 11) is 0. The minimum absolute atomic E-state index is 0.109. The van der Waals surface area contributed by atoms with Crippen LogP contribution in [0, 0.1) is 6.92 Å². The Bertz CT molecular complexity index is 529. The zero-order valence-electron chi connectivity index (χ0n) is 11.9. The minimum atomic E-state index is 0.109. The zero-order chi connectivity index (χ0) is 13.8. The summed E-state index contributed by atoms with van der Waals surface area (Å²) in [5.41, 5.74) is 9.71. The van der Waals surface area contributed by atoms with Crippen molar-refractivity contribution >= 4 is 11.3 Å². The first-order valence-electron chi connectivity index (χ1n) is 6.84. The molecule has 0 radical (unpaired) electrons. The van der Waals surface area contributed by atoms with E-state index in [9.17, 15) is 0 Å². The summed E-state index contributed by atoms with van der Waals surface area (Å²) in [6, 6.07) is 2.29. The quantitative estimate of drug-likeness (QED) is 0.882. The van der Waals surface area contributed by atoms with Gasteiger partial charge < -0.3 is 5.73 Å². The lowest BCUT2D eigenvalue weighted by atomic mass is 10.1. The van der Waals surface area contributed by atoms with E-state index in [1.54, 1.807) is 11.3 Å². The number of aromatic nitrogens is 3. The van der Waals surface area contributed by atoms with E-state index in [4.69, 9.17) is 5.73 Å². The van der Waals surface area contributed by atoms with Crippen molar-refractivity contribution in [1.29, 1.82) is 0 Å². The van der Waals surface area contributed by atoms with E-state index in [1.165, 1.54) is 5.69 Å². The summed E-state index contributed by atoms with van der Waals surface area (Å²) in [6.07, 6.45) is 2.68. The summed E-state index contributed by atoms with van der Waals surface area (Å²) >= 11 is 1.69. The van der Waals surface area contributed by atoms with Crippen molar-refractivity contribution in [3.8, 4) is 0 Å². The lowest BCUT2D eigenvalue weighted by Gasteiger charge is -2.10. The predicted octanol–water partition coefficient (Wildman–Crippen LogP) is 2.34. The van der Waals surface area contributed by atoms with Gasteiger partial charge in [0.2, 0.25) is 0 Å². The highest BCUT2D eigenvalue weighted by atomic mass is 32.1. The maximum absolute atomic E-state index is 6.25. The average molecular weight is 278 g/mol. The van der Waals surface area contributed by atoms with Crippen LogP contribution in [0.5, 0.6) is 0 Å². The maximum Gasteiger partial charge on any atom is 0.0943 e. The summed E-state index contributed by atoms with van der Waals surface area (Å²) in [6.45, 7) is 7.17. The van der Waals surface area contributed by atoms with E-state index in [1.807, 2.05) is 6.92 Å². The summed E-state index contributed by atoms with van der Waals surface area (Å²) < 4.78 is 2.06. The molecule has 0 aliphatic heterocycles. The van der Waals surface area contributed by atoms with Gasteiger partial charge in [-0.25, -0.2) is 4.98 Å². The first-order valence-corrected chi connectivity index (χ1v) is 7.72. The van der Waals surface area contributed by atoms with Crippen LogP contribution in [0.1, 0.15) is 35.9 Å². The summed E-state index contributed by atoms with van der Waals surface area (Å²) in [4.78, 5) is 4.47. The molecule has 0 saturated heterocycles. The Morgan fingerprint density at radius 2 is 2.16 bits per heavy atom. The molecule has 0 saturated carbocycles. The molecule has 0 spiro atoms. The molecule has 2 aromatic rings. The fourth-order valence-corrected chi connectivity index (χ4v) is 3.05.